The maximum atomic E-state index is 5.94. The molecule has 4 nitrogen and oxygen atoms in total. The Kier molecular flexibility index (Phi) is 5.05. The summed E-state index contributed by atoms with van der Waals surface area (Å²) in [7, 11) is 3.28. The first-order valence-corrected chi connectivity index (χ1v) is 6.75. The van der Waals surface area contributed by atoms with Gasteiger partial charge in [0.15, 0.2) is 11.5 Å². The molecule has 19 heavy (non-hydrogen) atoms. The summed E-state index contributed by atoms with van der Waals surface area (Å²) in [6.07, 6.45) is 2.36. The molecule has 1 aromatic carbocycles. The van der Waals surface area contributed by atoms with Crippen LogP contribution in [-0.4, -0.2) is 33.5 Å². The Hall–Kier alpha value is -1.26. The SMILES string of the molecule is CCCCO[C@H](c1ccc(OC)c(OC)c1)[C@H]1CO1. The Bertz CT molecular complexity index is 401. The van der Waals surface area contributed by atoms with Crippen LogP contribution >= 0.6 is 0 Å². The quantitative estimate of drug-likeness (QED) is 0.536. The molecule has 1 saturated heterocycles. The largest absolute Gasteiger partial charge is 0.493 e. The van der Waals surface area contributed by atoms with Gasteiger partial charge in [0.1, 0.15) is 12.2 Å². The van der Waals surface area contributed by atoms with Crippen LogP contribution in [0.4, 0.5) is 0 Å². The number of methoxy groups -OCH3 is 2. The van der Waals surface area contributed by atoms with E-state index in [0.717, 1.165) is 43.1 Å². The lowest BCUT2D eigenvalue weighted by atomic mass is 10.1. The fraction of sp³-hybridized carbons (Fsp3) is 0.600. The van der Waals surface area contributed by atoms with Crippen LogP contribution in [0, 0.1) is 0 Å². The van der Waals surface area contributed by atoms with Crippen LogP contribution in [0.15, 0.2) is 18.2 Å². The molecule has 0 amide bonds. The molecule has 1 aliphatic rings. The fourth-order valence-electron chi connectivity index (χ4n) is 2.03. The highest BCUT2D eigenvalue weighted by molar-refractivity contribution is 5.43. The maximum Gasteiger partial charge on any atom is 0.161 e. The molecule has 0 aromatic heterocycles. The standard InChI is InChI=1S/C15H22O4/c1-4-5-8-18-15(14-10-19-14)11-6-7-12(16-2)13(9-11)17-3/h6-7,9,14-15H,4-5,8,10H2,1-3H3/t14-,15-/m1/s1. The molecule has 1 fully saturated rings. The van der Waals surface area contributed by atoms with Gasteiger partial charge in [-0.15, -0.1) is 0 Å². The van der Waals surface area contributed by atoms with Gasteiger partial charge in [-0.3, -0.25) is 0 Å². The zero-order valence-corrected chi connectivity index (χ0v) is 11.8. The molecule has 0 unspecified atom stereocenters. The van der Waals surface area contributed by atoms with Crippen molar-refractivity contribution in [1.82, 2.24) is 0 Å². The van der Waals surface area contributed by atoms with Crippen molar-refractivity contribution < 1.29 is 18.9 Å². The van der Waals surface area contributed by atoms with Crippen molar-refractivity contribution in [2.24, 2.45) is 0 Å². The van der Waals surface area contributed by atoms with Gasteiger partial charge in [0.2, 0.25) is 0 Å². The van der Waals surface area contributed by atoms with E-state index in [-0.39, 0.29) is 12.2 Å². The first-order valence-electron chi connectivity index (χ1n) is 6.75. The van der Waals surface area contributed by atoms with Crippen molar-refractivity contribution in [2.75, 3.05) is 27.4 Å². The van der Waals surface area contributed by atoms with E-state index in [1.807, 2.05) is 18.2 Å². The molecule has 2 rings (SSSR count). The van der Waals surface area contributed by atoms with E-state index in [1.54, 1.807) is 14.2 Å². The molecule has 0 saturated carbocycles. The summed E-state index contributed by atoms with van der Waals surface area (Å²) in [5.74, 6) is 1.46. The molecule has 1 heterocycles. The number of benzene rings is 1. The molecule has 0 N–H and O–H groups in total. The fourth-order valence-corrected chi connectivity index (χ4v) is 2.03. The number of ether oxygens (including phenoxy) is 4. The summed E-state index contributed by atoms with van der Waals surface area (Å²) < 4.78 is 21.9. The van der Waals surface area contributed by atoms with E-state index < -0.39 is 0 Å². The predicted octanol–water partition coefficient (Wildman–Crippen LogP) is 2.96. The third-order valence-electron chi connectivity index (χ3n) is 3.23. The van der Waals surface area contributed by atoms with Gasteiger partial charge in [0.05, 0.1) is 20.8 Å². The highest BCUT2D eigenvalue weighted by Crippen LogP contribution is 2.36. The lowest BCUT2D eigenvalue weighted by molar-refractivity contribution is 0.0304. The summed E-state index contributed by atoms with van der Waals surface area (Å²) in [4.78, 5) is 0. The predicted molar refractivity (Wildman–Crippen MR) is 72.9 cm³/mol. The van der Waals surface area contributed by atoms with Crippen LogP contribution in [0.2, 0.25) is 0 Å². The van der Waals surface area contributed by atoms with Crippen LogP contribution in [-0.2, 0) is 9.47 Å². The molecule has 1 aliphatic heterocycles. The summed E-state index contributed by atoms with van der Waals surface area (Å²) in [6, 6.07) is 5.89. The minimum atomic E-state index is -0.00800. The Morgan fingerprint density at radius 2 is 2.00 bits per heavy atom. The van der Waals surface area contributed by atoms with Crippen LogP contribution in [0.25, 0.3) is 0 Å². The van der Waals surface area contributed by atoms with Gasteiger partial charge in [0, 0.05) is 6.61 Å². The van der Waals surface area contributed by atoms with E-state index >= 15 is 0 Å². The highest BCUT2D eigenvalue weighted by Gasteiger charge is 2.35. The minimum absolute atomic E-state index is 0.00800. The lowest BCUT2D eigenvalue weighted by Crippen LogP contribution is -2.12. The molecular weight excluding hydrogens is 244 g/mol. The smallest absolute Gasteiger partial charge is 0.161 e. The number of unbranched alkanes of at least 4 members (excludes halogenated alkanes) is 1. The van der Waals surface area contributed by atoms with Gasteiger partial charge in [-0.2, -0.15) is 0 Å². The third-order valence-corrected chi connectivity index (χ3v) is 3.23. The first kappa shape index (κ1) is 14.2. The molecule has 0 radical (unpaired) electrons. The molecule has 0 aliphatic carbocycles. The monoisotopic (exact) mass is 266 g/mol. The average Bonchev–Trinajstić information content (AvgIpc) is 3.27. The second-order valence-corrected chi connectivity index (χ2v) is 4.63. The van der Waals surface area contributed by atoms with Crippen LogP contribution < -0.4 is 9.47 Å². The van der Waals surface area contributed by atoms with Crippen molar-refractivity contribution in [1.29, 1.82) is 0 Å². The van der Waals surface area contributed by atoms with Crippen molar-refractivity contribution in [3.05, 3.63) is 23.8 Å². The average molecular weight is 266 g/mol. The van der Waals surface area contributed by atoms with Crippen LogP contribution in [0.5, 0.6) is 11.5 Å². The molecule has 1 aromatic rings. The number of hydrogen-bond donors (Lipinski definition) is 0. The van der Waals surface area contributed by atoms with Crippen molar-refractivity contribution in [3.8, 4) is 11.5 Å². The molecule has 106 valence electrons. The Morgan fingerprint density at radius 1 is 1.26 bits per heavy atom. The maximum absolute atomic E-state index is 5.94. The van der Waals surface area contributed by atoms with E-state index in [0.29, 0.717) is 0 Å². The minimum Gasteiger partial charge on any atom is -0.493 e. The van der Waals surface area contributed by atoms with Gasteiger partial charge in [0.25, 0.3) is 0 Å². The zero-order valence-electron chi connectivity index (χ0n) is 11.8. The van der Waals surface area contributed by atoms with E-state index in [2.05, 4.69) is 6.92 Å². The third kappa shape index (κ3) is 3.61. The van der Waals surface area contributed by atoms with Crippen molar-refractivity contribution in [2.45, 2.75) is 32.0 Å². The van der Waals surface area contributed by atoms with E-state index in [9.17, 15) is 0 Å². The topological polar surface area (TPSA) is 40.2 Å². The summed E-state index contributed by atoms with van der Waals surface area (Å²) >= 11 is 0. The number of hydrogen-bond acceptors (Lipinski definition) is 4. The van der Waals surface area contributed by atoms with Gasteiger partial charge in [-0.1, -0.05) is 19.4 Å². The second kappa shape index (κ2) is 6.78. The Labute approximate surface area is 114 Å². The van der Waals surface area contributed by atoms with Gasteiger partial charge < -0.3 is 18.9 Å². The van der Waals surface area contributed by atoms with Crippen molar-refractivity contribution >= 4 is 0 Å². The van der Waals surface area contributed by atoms with Gasteiger partial charge in [-0.05, 0) is 24.1 Å². The molecule has 0 bridgehead atoms. The second-order valence-electron chi connectivity index (χ2n) is 4.63. The lowest BCUT2D eigenvalue weighted by Gasteiger charge is -2.18. The molecule has 4 heteroatoms. The molecular formula is C15H22O4. The van der Waals surface area contributed by atoms with Gasteiger partial charge in [-0.25, -0.2) is 0 Å². The Morgan fingerprint density at radius 3 is 2.58 bits per heavy atom. The van der Waals surface area contributed by atoms with Crippen molar-refractivity contribution in [3.63, 3.8) is 0 Å². The summed E-state index contributed by atoms with van der Waals surface area (Å²) in [5, 5.41) is 0. The van der Waals surface area contributed by atoms with Crippen LogP contribution in [0.3, 0.4) is 0 Å². The Balaban J connectivity index is 2.12. The summed E-state index contributed by atoms with van der Waals surface area (Å²) in [5.41, 5.74) is 1.08. The summed E-state index contributed by atoms with van der Waals surface area (Å²) in [6.45, 7) is 3.68. The zero-order chi connectivity index (χ0) is 13.7. The van der Waals surface area contributed by atoms with E-state index in [1.165, 1.54) is 0 Å². The molecule has 0 spiro atoms. The first-order chi connectivity index (χ1) is 9.30. The van der Waals surface area contributed by atoms with Gasteiger partial charge >= 0.3 is 0 Å². The van der Waals surface area contributed by atoms with Crippen LogP contribution in [0.1, 0.15) is 31.4 Å². The number of epoxide rings is 1. The highest BCUT2D eigenvalue weighted by atomic mass is 16.6. The molecule has 2 atom stereocenters. The normalized spacial score (nSPS) is 19.0. The number of rotatable bonds is 8. The van der Waals surface area contributed by atoms with E-state index in [4.69, 9.17) is 18.9 Å².